The van der Waals surface area contributed by atoms with Crippen molar-refractivity contribution in [1.29, 1.82) is 5.26 Å². The minimum Gasteiger partial charge on any atom is -0.207 e. The molecule has 1 heterocycles. The Balaban J connectivity index is 2.47. The van der Waals surface area contributed by atoms with Crippen molar-refractivity contribution in [2.24, 2.45) is 0 Å². The summed E-state index contributed by atoms with van der Waals surface area (Å²) in [4.78, 5) is 0.216. The van der Waals surface area contributed by atoms with Crippen molar-refractivity contribution in [1.82, 2.24) is 10.2 Å². The minimum absolute atomic E-state index is 0.216. The van der Waals surface area contributed by atoms with Gasteiger partial charge in [-0.1, -0.05) is 25.6 Å². The Morgan fingerprint density at radius 3 is 2.52 bits per heavy atom. The fourth-order valence-corrected chi connectivity index (χ4v) is 2.86. The molecule has 1 aromatic carbocycles. The molecule has 3 nitrogen and oxygen atoms in total. The largest absolute Gasteiger partial charge is 0.207 e. The average molecular weight is 305 g/mol. The summed E-state index contributed by atoms with van der Waals surface area (Å²) in [5, 5.41) is 17.8. The van der Waals surface area contributed by atoms with Gasteiger partial charge in [0.25, 0.3) is 0 Å². The second kappa shape index (κ2) is 6.64. The molecule has 0 unspecified atom stereocenters. The first kappa shape index (κ1) is 15.4. The van der Waals surface area contributed by atoms with E-state index >= 15 is 0 Å². The lowest BCUT2D eigenvalue weighted by molar-refractivity contribution is 0.565. The molecule has 0 atom stereocenters. The van der Waals surface area contributed by atoms with Gasteiger partial charge in [0, 0.05) is 11.0 Å². The van der Waals surface area contributed by atoms with E-state index in [0.717, 1.165) is 29.1 Å². The molecule has 21 heavy (non-hydrogen) atoms. The maximum absolute atomic E-state index is 13.7. The van der Waals surface area contributed by atoms with Crippen molar-refractivity contribution in [2.75, 3.05) is 0 Å². The molecule has 0 aliphatic heterocycles. The molecule has 0 fully saturated rings. The lowest BCUT2D eigenvalue weighted by Gasteiger charge is -2.10. The summed E-state index contributed by atoms with van der Waals surface area (Å²) in [7, 11) is 0. The summed E-state index contributed by atoms with van der Waals surface area (Å²) < 4.78 is 26.6. The van der Waals surface area contributed by atoms with Crippen LogP contribution in [0.4, 0.5) is 8.78 Å². The zero-order valence-corrected chi connectivity index (χ0v) is 12.5. The van der Waals surface area contributed by atoms with Crippen LogP contribution in [0.15, 0.2) is 28.1 Å². The van der Waals surface area contributed by atoms with Crippen LogP contribution in [0.3, 0.4) is 0 Å². The van der Waals surface area contributed by atoms with Crippen molar-refractivity contribution in [3.63, 3.8) is 0 Å². The Kier molecular flexibility index (Phi) is 4.86. The van der Waals surface area contributed by atoms with Crippen LogP contribution in [-0.4, -0.2) is 10.2 Å². The van der Waals surface area contributed by atoms with Gasteiger partial charge >= 0.3 is 0 Å². The highest BCUT2D eigenvalue weighted by Gasteiger charge is 2.16. The van der Waals surface area contributed by atoms with E-state index in [0.29, 0.717) is 23.4 Å². The third kappa shape index (κ3) is 3.19. The maximum Gasteiger partial charge on any atom is 0.142 e. The van der Waals surface area contributed by atoms with Gasteiger partial charge in [-0.3, -0.25) is 0 Å². The maximum atomic E-state index is 13.7. The lowest BCUT2D eigenvalue weighted by atomic mass is 10.1. The number of hydrogen-bond donors (Lipinski definition) is 0. The Bertz CT molecular complexity index is 711. The van der Waals surface area contributed by atoms with Crippen LogP contribution < -0.4 is 0 Å². The summed E-state index contributed by atoms with van der Waals surface area (Å²) in [6.07, 6.45) is 1.34. The predicted octanol–water partition coefficient (Wildman–Crippen LogP) is 3.90. The van der Waals surface area contributed by atoms with Gasteiger partial charge in [-0.25, -0.2) is 8.78 Å². The Morgan fingerprint density at radius 2 is 1.95 bits per heavy atom. The fraction of sp³-hybridized carbons (Fsp3) is 0.267. The number of aromatic nitrogens is 2. The molecule has 2 rings (SSSR count). The van der Waals surface area contributed by atoms with Gasteiger partial charge in [-0.15, -0.1) is 5.10 Å². The molecule has 0 radical (unpaired) electrons. The molecule has 0 spiro atoms. The molecule has 0 saturated heterocycles. The number of nitrogens with zero attached hydrogens (tertiary/aromatic N) is 3. The van der Waals surface area contributed by atoms with E-state index in [4.69, 9.17) is 0 Å². The molecule has 6 heteroatoms. The zero-order chi connectivity index (χ0) is 15.4. The predicted molar refractivity (Wildman–Crippen MR) is 76.0 cm³/mol. The van der Waals surface area contributed by atoms with Crippen LogP contribution >= 0.6 is 11.8 Å². The molecule has 2 aromatic rings. The third-order valence-corrected chi connectivity index (χ3v) is 4.06. The van der Waals surface area contributed by atoms with Crippen molar-refractivity contribution in [2.45, 2.75) is 36.6 Å². The molecule has 1 aromatic heterocycles. The molecule has 0 N–H and O–H groups in total. The standard InChI is InChI=1S/C15H13F2N3S/c1-3-10-11(8-18)15(20-19-13(10)4-2)21-14-6-5-9(16)7-12(14)17/h5-7H,3-4H2,1-2H3. The quantitative estimate of drug-likeness (QED) is 0.859. The first-order valence-corrected chi connectivity index (χ1v) is 7.33. The third-order valence-electron chi connectivity index (χ3n) is 3.03. The van der Waals surface area contributed by atoms with E-state index in [1.165, 1.54) is 12.1 Å². The van der Waals surface area contributed by atoms with E-state index < -0.39 is 11.6 Å². The molecule has 0 saturated carbocycles. The van der Waals surface area contributed by atoms with Crippen molar-refractivity contribution in [3.05, 3.63) is 46.7 Å². The molecule has 0 aliphatic rings. The monoisotopic (exact) mass is 305 g/mol. The van der Waals surface area contributed by atoms with Gasteiger partial charge in [0.1, 0.15) is 22.7 Å². The van der Waals surface area contributed by atoms with E-state index in [1.807, 2.05) is 13.8 Å². The van der Waals surface area contributed by atoms with Crippen molar-refractivity contribution >= 4 is 11.8 Å². The number of hydrogen-bond acceptors (Lipinski definition) is 4. The summed E-state index contributed by atoms with van der Waals surface area (Å²) in [5.41, 5.74) is 2.02. The molecule has 108 valence electrons. The number of aryl methyl sites for hydroxylation is 1. The second-order valence-electron chi connectivity index (χ2n) is 4.30. The Morgan fingerprint density at radius 1 is 1.19 bits per heavy atom. The SMILES string of the molecule is CCc1nnc(Sc2ccc(F)cc2F)c(C#N)c1CC. The summed E-state index contributed by atoms with van der Waals surface area (Å²) >= 11 is 0.985. The van der Waals surface area contributed by atoms with Crippen LogP contribution in [-0.2, 0) is 12.8 Å². The van der Waals surface area contributed by atoms with Gasteiger partial charge < -0.3 is 0 Å². The van der Waals surface area contributed by atoms with Gasteiger partial charge in [0.15, 0.2) is 0 Å². The first-order valence-electron chi connectivity index (χ1n) is 6.52. The number of benzene rings is 1. The number of rotatable bonds is 4. The molecular weight excluding hydrogens is 292 g/mol. The Hall–Kier alpha value is -2.00. The van der Waals surface area contributed by atoms with E-state index in [9.17, 15) is 14.0 Å². The summed E-state index contributed by atoms with van der Waals surface area (Å²) in [6.45, 7) is 3.88. The van der Waals surface area contributed by atoms with Crippen LogP contribution in [0.25, 0.3) is 0 Å². The fourth-order valence-electron chi connectivity index (χ4n) is 2.00. The number of halogens is 2. The normalized spacial score (nSPS) is 10.4. The highest BCUT2D eigenvalue weighted by molar-refractivity contribution is 7.99. The van der Waals surface area contributed by atoms with Gasteiger partial charge in [-0.2, -0.15) is 10.4 Å². The first-order chi connectivity index (χ1) is 10.1. The topological polar surface area (TPSA) is 49.6 Å². The van der Waals surface area contributed by atoms with Crippen LogP contribution in [0.5, 0.6) is 0 Å². The van der Waals surface area contributed by atoms with Crippen molar-refractivity contribution < 1.29 is 8.78 Å². The molecule has 0 amide bonds. The van der Waals surface area contributed by atoms with E-state index in [-0.39, 0.29) is 4.90 Å². The van der Waals surface area contributed by atoms with Gasteiger partial charge in [0.2, 0.25) is 0 Å². The van der Waals surface area contributed by atoms with Crippen LogP contribution in [0.1, 0.15) is 30.7 Å². The summed E-state index contributed by atoms with van der Waals surface area (Å²) in [5.74, 6) is -1.32. The highest BCUT2D eigenvalue weighted by atomic mass is 32.2. The molecule has 0 bridgehead atoms. The molecule has 0 aliphatic carbocycles. The summed E-state index contributed by atoms with van der Waals surface area (Å²) in [6, 6.07) is 5.43. The van der Waals surface area contributed by atoms with Crippen LogP contribution in [0.2, 0.25) is 0 Å². The second-order valence-corrected chi connectivity index (χ2v) is 5.33. The minimum atomic E-state index is -0.677. The Labute approximate surface area is 126 Å². The molecular formula is C15H13F2N3S. The van der Waals surface area contributed by atoms with Crippen molar-refractivity contribution in [3.8, 4) is 6.07 Å². The highest BCUT2D eigenvalue weighted by Crippen LogP contribution is 2.32. The lowest BCUT2D eigenvalue weighted by Crippen LogP contribution is -2.04. The zero-order valence-electron chi connectivity index (χ0n) is 11.7. The van der Waals surface area contributed by atoms with Crippen LogP contribution in [0, 0.1) is 23.0 Å². The van der Waals surface area contributed by atoms with E-state index in [1.54, 1.807) is 0 Å². The van der Waals surface area contributed by atoms with Gasteiger partial charge in [-0.05, 0) is 30.5 Å². The smallest absolute Gasteiger partial charge is 0.142 e. The number of nitriles is 1. The average Bonchev–Trinajstić information content (AvgIpc) is 2.49. The van der Waals surface area contributed by atoms with E-state index in [2.05, 4.69) is 16.3 Å². The van der Waals surface area contributed by atoms with Gasteiger partial charge in [0.05, 0.1) is 11.3 Å².